The smallest absolute Gasteiger partial charge is 0.0500 e. The minimum atomic E-state index is 0.782. The molecule has 0 N–H and O–H groups in total. The second-order valence-corrected chi connectivity index (χ2v) is 3.42. The minimum absolute atomic E-state index is 0.782. The number of ether oxygens (including phenoxy) is 1. The summed E-state index contributed by atoms with van der Waals surface area (Å²) in [5, 5.41) is 0. The summed E-state index contributed by atoms with van der Waals surface area (Å²) in [6.45, 7) is 8.78. The van der Waals surface area contributed by atoms with Gasteiger partial charge < -0.3 is 4.74 Å². The van der Waals surface area contributed by atoms with Crippen LogP contribution in [0.15, 0.2) is 0 Å². The van der Waals surface area contributed by atoms with Crippen molar-refractivity contribution in [1.29, 1.82) is 0 Å². The summed E-state index contributed by atoms with van der Waals surface area (Å²) < 4.78 is 5.33. The van der Waals surface area contributed by atoms with Crippen molar-refractivity contribution in [3.05, 3.63) is 0 Å². The van der Waals surface area contributed by atoms with Crippen LogP contribution in [0.4, 0.5) is 0 Å². The van der Waals surface area contributed by atoms with Crippen LogP contribution in [0.5, 0.6) is 0 Å². The zero-order valence-electron chi connectivity index (χ0n) is 6.55. The SMILES string of the molecule is CC(C)C1COCC1C. The number of hydrogen-bond acceptors (Lipinski definition) is 1. The predicted octanol–water partition coefficient (Wildman–Crippen LogP) is 1.92. The zero-order chi connectivity index (χ0) is 6.85. The first-order valence-corrected chi connectivity index (χ1v) is 3.79. The van der Waals surface area contributed by atoms with E-state index in [1.807, 2.05) is 0 Å². The van der Waals surface area contributed by atoms with Crippen molar-refractivity contribution >= 4 is 0 Å². The molecule has 9 heavy (non-hydrogen) atoms. The molecular formula is C8H16O. The van der Waals surface area contributed by atoms with E-state index < -0.39 is 0 Å². The Morgan fingerprint density at radius 2 is 2.00 bits per heavy atom. The topological polar surface area (TPSA) is 9.23 Å². The maximum absolute atomic E-state index is 5.33. The summed E-state index contributed by atoms with van der Waals surface area (Å²) in [7, 11) is 0. The summed E-state index contributed by atoms with van der Waals surface area (Å²) in [6.07, 6.45) is 0. The van der Waals surface area contributed by atoms with Gasteiger partial charge >= 0.3 is 0 Å². The molecule has 1 aliphatic heterocycles. The first kappa shape index (κ1) is 7.07. The molecule has 1 nitrogen and oxygen atoms in total. The molecule has 0 saturated carbocycles. The van der Waals surface area contributed by atoms with Gasteiger partial charge in [-0.25, -0.2) is 0 Å². The molecule has 1 fully saturated rings. The van der Waals surface area contributed by atoms with Gasteiger partial charge in [-0.05, 0) is 17.8 Å². The van der Waals surface area contributed by atoms with E-state index in [1.165, 1.54) is 0 Å². The lowest BCUT2D eigenvalue weighted by Gasteiger charge is -2.16. The van der Waals surface area contributed by atoms with Gasteiger partial charge in [0.2, 0.25) is 0 Å². The third-order valence-electron chi connectivity index (χ3n) is 2.28. The fourth-order valence-corrected chi connectivity index (χ4v) is 1.53. The molecule has 1 rings (SSSR count). The highest BCUT2D eigenvalue weighted by Crippen LogP contribution is 2.26. The lowest BCUT2D eigenvalue weighted by molar-refractivity contribution is 0.175. The lowest BCUT2D eigenvalue weighted by atomic mass is 9.88. The van der Waals surface area contributed by atoms with Crippen LogP contribution < -0.4 is 0 Å². The van der Waals surface area contributed by atoms with Crippen molar-refractivity contribution in [2.75, 3.05) is 13.2 Å². The van der Waals surface area contributed by atoms with Crippen molar-refractivity contribution in [1.82, 2.24) is 0 Å². The molecule has 0 bridgehead atoms. The normalized spacial score (nSPS) is 36.0. The van der Waals surface area contributed by atoms with Crippen LogP contribution in [-0.2, 0) is 4.74 Å². The van der Waals surface area contributed by atoms with Crippen molar-refractivity contribution in [2.45, 2.75) is 20.8 Å². The van der Waals surface area contributed by atoms with Crippen LogP contribution in [-0.4, -0.2) is 13.2 Å². The highest BCUT2D eigenvalue weighted by molar-refractivity contribution is 4.73. The Bertz CT molecular complexity index is 88.6. The third kappa shape index (κ3) is 1.45. The first-order valence-electron chi connectivity index (χ1n) is 3.79. The monoisotopic (exact) mass is 128 g/mol. The molecule has 1 saturated heterocycles. The Balaban J connectivity index is 2.40. The molecular weight excluding hydrogens is 112 g/mol. The molecule has 1 aliphatic rings. The van der Waals surface area contributed by atoms with Gasteiger partial charge in [0.05, 0.1) is 0 Å². The molecule has 1 heteroatoms. The van der Waals surface area contributed by atoms with Crippen molar-refractivity contribution in [2.24, 2.45) is 17.8 Å². The van der Waals surface area contributed by atoms with E-state index in [9.17, 15) is 0 Å². The Labute approximate surface area is 57.4 Å². The molecule has 2 atom stereocenters. The molecule has 0 amide bonds. The Morgan fingerprint density at radius 3 is 2.22 bits per heavy atom. The third-order valence-corrected chi connectivity index (χ3v) is 2.28. The largest absolute Gasteiger partial charge is 0.381 e. The lowest BCUT2D eigenvalue weighted by Crippen LogP contribution is -2.14. The predicted molar refractivity (Wildman–Crippen MR) is 38.3 cm³/mol. The summed E-state index contributed by atoms with van der Waals surface area (Å²) in [6, 6.07) is 0. The molecule has 0 spiro atoms. The van der Waals surface area contributed by atoms with Gasteiger partial charge in [0.25, 0.3) is 0 Å². The van der Waals surface area contributed by atoms with Crippen LogP contribution in [0, 0.1) is 17.8 Å². The van der Waals surface area contributed by atoms with E-state index in [2.05, 4.69) is 20.8 Å². The fourth-order valence-electron chi connectivity index (χ4n) is 1.53. The maximum atomic E-state index is 5.33. The van der Waals surface area contributed by atoms with Gasteiger partial charge in [0, 0.05) is 13.2 Å². The van der Waals surface area contributed by atoms with Gasteiger partial charge in [-0.1, -0.05) is 20.8 Å². The van der Waals surface area contributed by atoms with Crippen molar-refractivity contribution < 1.29 is 4.74 Å². The van der Waals surface area contributed by atoms with Crippen LogP contribution in [0.3, 0.4) is 0 Å². The molecule has 0 radical (unpaired) electrons. The second kappa shape index (κ2) is 2.70. The van der Waals surface area contributed by atoms with E-state index in [-0.39, 0.29) is 0 Å². The fraction of sp³-hybridized carbons (Fsp3) is 1.00. The van der Waals surface area contributed by atoms with Crippen LogP contribution in [0.1, 0.15) is 20.8 Å². The molecule has 0 aliphatic carbocycles. The first-order chi connectivity index (χ1) is 4.22. The molecule has 2 unspecified atom stereocenters. The second-order valence-electron chi connectivity index (χ2n) is 3.42. The standard InChI is InChI=1S/C8H16O/c1-6(2)8-5-9-4-7(8)3/h6-8H,4-5H2,1-3H3. The summed E-state index contributed by atoms with van der Waals surface area (Å²) >= 11 is 0. The molecule has 0 aromatic heterocycles. The van der Waals surface area contributed by atoms with Gasteiger partial charge in [-0.3, -0.25) is 0 Å². The van der Waals surface area contributed by atoms with Gasteiger partial charge in [-0.2, -0.15) is 0 Å². The average Bonchev–Trinajstić information content (AvgIpc) is 2.13. The highest BCUT2D eigenvalue weighted by Gasteiger charge is 2.26. The summed E-state index contributed by atoms with van der Waals surface area (Å²) in [5.74, 6) is 2.39. The van der Waals surface area contributed by atoms with E-state index >= 15 is 0 Å². The highest BCUT2D eigenvalue weighted by atomic mass is 16.5. The van der Waals surface area contributed by atoms with E-state index in [4.69, 9.17) is 4.74 Å². The average molecular weight is 128 g/mol. The summed E-state index contributed by atoms with van der Waals surface area (Å²) in [5.41, 5.74) is 0. The van der Waals surface area contributed by atoms with Gasteiger partial charge in [0.15, 0.2) is 0 Å². The molecule has 0 aromatic rings. The minimum Gasteiger partial charge on any atom is -0.381 e. The molecule has 0 aromatic carbocycles. The van der Waals surface area contributed by atoms with E-state index in [0.717, 1.165) is 31.0 Å². The zero-order valence-corrected chi connectivity index (χ0v) is 6.55. The van der Waals surface area contributed by atoms with Crippen molar-refractivity contribution in [3.8, 4) is 0 Å². The van der Waals surface area contributed by atoms with E-state index in [1.54, 1.807) is 0 Å². The van der Waals surface area contributed by atoms with Gasteiger partial charge in [-0.15, -0.1) is 0 Å². The number of rotatable bonds is 1. The Hall–Kier alpha value is -0.0400. The maximum Gasteiger partial charge on any atom is 0.0500 e. The van der Waals surface area contributed by atoms with Crippen LogP contribution in [0.25, 0.3) is 0 Å². The Kier molecular flexibility index (Phi) is 2.12. The summed E-state index contributed by atoms with van der Waals surface area (Å²) in [4.78, 5) is 0. The van der Waals surface area contributed by atoms with Crippen molar-refractivity contribution in [3.63, 3.8) is 0 Å². The number of hydrogen-bond donors (Lipinski definition) is 0. The van der Waals surface area contributed by atoms with E-state index in [0.29, 0.717) is 0 Å². The quantitative estimate of drug-likeness (QED) is 0.524. The molecule has 1 heterocycles. The molecule has 54 valence electrons. The van der Waals surface area contributed by atoms with Gasteiger partial charge in [0.1, 0.15) is 0 Å². The van der Waals surface area contributed by atoms with Crippen LogP contribution >= 0.6 is 0 Å². The Morgan fingerprint density at radius 1 is 1.33 bits per heavy atom. The van der Waals surface area contributed by atoms with Crippen LogP contribution in [0.2, 0.25) is 0 Å².